The third-order valence-corrected chi connectivity index (χ3v) is 3.91. The van der Waals surface area contributed by atoms with E-state index in [2.05, 4.69) is 13.8 Å². The molecule has 1 atom stereocenters. The van der Waals surface area contributed by atoms with Gasteiger partial charge in [0.15, 0.2) is 0 Å². The number of nitrogens with two attached hydrogens (primary N) is 1. The molecule has 1 unspecified atom stereocenters. The van der Waals surface area contributed by atoms with Gasteiger partial charge in [-0.05, 0) is 5.92 Å². The molecule has 0 aromatic carbocycles. The third kappa shape index (κ3) is 2.71. The molecule has 1 heterocycles. The summed E-state index contributed by atoms with van der Waals surface area (Å²) < 4.78 is 11.1. The summed E-state index contributed by atoms with van der Waals surface area (Å²) in [4.78, 5) is 0. The molecule has 3 nitrogen and oxygen atoms in total. The zero-order valence-electron chi connectivity index (χ0n) is 10.3. The minimum Gasteiger partial charge on any atom is -0.381 e. The van der Waals surface area contributed by atoms with Gasteiger partial charge in [-0.3, -0.25) is 0 Å². The Morgan fingerprint density at radius 1 is 1.27 bits per heavy atom. The highest BCUT2D eigenvalue weighted by Crippen LogP contribution is 2.32. The fourth-order valence-electron chi connectivity index (χ4n) is 2.62. The van der Waals surface area contributed by atoms with E-state index in [1.807, 2.05) is 0 Å². The molecule has 1 fully saturated rings. The van der Waals surface area contributed by atoms with Crippen LogP contribution in [0.25, 0.3) is 0 Å². The van der Waals surface area contributed by atoms with Crippen molar-refractivity contribution in [2.45, 2.75) is 51.2 Å². The fraction of sp³-hybridized carbons (Fsp3) is 1.00. The summed E-state index contributed by atoms with van der Waals surface area (Å²) in [6.45, 7) is 5.97. The molecule has 1 saturated heterocycles. The lowest BCUT2D eigenvalue weighted by molar-refractivity contribution is -0.113. The molecular weight excluding hydrogens is 190 g/mol. The van der Waals surface area contributed by atoms with E-state index < -0.39 is 0 Å². The standard InChI is InChI=1S/C12H25NO2/c1-4-10(5-2)11(13)12(14-3)6-8-15-9-7-12/h10-11H,4-9,13H2,1-3H3. The van der Waals surface area contributed by atoms with E-state index >= 15 is 0 Å². The van der Waals surface area contributed by atoms with E-state index in [-0.39, 0.29) is 11.6 Å². The topological polar surface area (TPSA) is 44.5 Å². The minimum atomic E-state index is -0.144. The first-order chi connectivity index (χ1) is 7.20. The van der Waals surface area contributed by atoms with Crippen LogP contribution in [0.1, 0.15) is 39.5 Å². The van der Waals surface area contributed by atoms with E-state index in [4.69, 9.17) is 15.2 Å². The Morgan fingerprint density at radius 3 is 2.20 bits per heavy atom. The summed E-state index contributed by atoms with van der Waals surface area (Å²) in [7, 11) is 1.79. The predicted octanol–water partition coefficient (Wildman–Crippen LogP) is 1.95. The van der Waals surface area contributed by atoms with Crippen LogP contribution >= 0.6 is 0 Å². The fourth-order valence-corrected chi connectivity index (χ4v) is 2.62. The van der Waals surface area contributed by atoms with Crippen LogP contribution in [0.4, 0.5) is 0 Å². The van der Waals surface area contributed by atoms with Crippen molar-refractivity contribution in [3.8, 4) is 0 Å². The Kier molecular flexibility index (Phi) is 5.03. The quantitative estimate of drug-likeness (QED) is 0.762. The van der Waals surface area contributed by atoms with E-state index in [0.717, 1.165) is 38.9 Å². The Labute approximate surface area is 93.3 Å². The minimum absolute atomic E-state index is 0.140. The van der Waals surface area contributed by atoms with Crippen LogP contribution in [-0.4, -0.2) is 32.0 Å². The second kappa shape index (κ2) is 5.83. The first-order valence-electron chi connectivity index (χ1n) is 6.08. The van der Waals surface area contributed by atoms with E-state index in [0.29, 0.717) is 5.92 Å². The van der Waals surface area contributed by atoms with Crippen molar-refractivity contribution in [1.29, 1.82) is 0 Å². The maximum absolute atomic E-state index is 6.38. The molecule has 90 valence electrons. The third-order valence-electron chi connectivity index (χ3n) is 3.91. The Balaban J connectivity index is 2.70. The number of rotatable bonds is 5. The molecule has 0 amide bonds. The second-order valence-corrected chi connectivity index (χ2v) is 4.48. The van der Waals surface area contributed by atoms with Crippen LogP contribution in [0.15, 0.2) is 0 Å². The molecule has 15 heavy (non-hydrogen) atoms. The highest BCUT2D eigenvalue weighted by Gasteiger charge is 2.41. The van der Waals surface area contributed by atoms with Crippen molar-refractivity contribution < 1.29 is 9.47 Å². The molecule has 2 N–H and O–H groups in total. The number of hydrogen-bond acceptors (Lipinski definition) is 3. The second-order valence-electron chi connectivity index (χ2n) is 4.48. The van der Waals surface area contributed by atoms with Gasteiger partial charge in [-0.2, -0.15) is 0 Å². The SMILES string of the molecule is CCC(CC)C(N)C1(OC)CCOCC1. The molecular formula is C12H25NO2. The van der Waals surface area contributed by atoms with Crippen LogP contribution in [0.2, 0.25) is 0 Å². The number of methoxy groups -OCH3 is 1. The van der Waals surface area contributed by atoms with Crippen LogP contribution in [-0.2, 0) is 9.47 Å². The first kappa shape index (κ1) is 12.9. The molecule has 1 rings (SSSR count). The highest BCUT2D eigenvalue weighted by atomic mass is 16.5. The maximum Gasteiger partial charge on any atom is 0.0875 e. The normalized spacial score (nSPS) is 23.0. The van der Waals surface area contributed by atoms with Gasteiger partial charge in [0, 0.05) is 39.2 Å². The summed E-state index contributed by atoms with van der Waals surface area (Å²) in [5.74, 6) is 0.558. The molecule has 0 bridgehead atoms. The van der Waals surface area contributed by atoms with Crippen molar-refractivity contribution >= 4 is 0 Å². The van der Waals surface area contributed by atoms with Gasteiger partial charge in [-0.1, -0.05) is 26.7 Å². The van der Waals surface area contributed by atoms with Crippen LogP contribution in [0, 0.1) is 5.92 Å². The van der Waals surface area contributed by atoms with Crippen molar-refractivity contribution in [3.05, 3.63) is 0 Å². The Morgan fingerprint density at radius 2 is 1.80 bits per heavy atom. The van der Waals surface area contributed by atoms with Crippen molar-refractivity contribution in [2.24, 2.45) is 11.7 Å². The zero-order chi connectivity index (χ0) is 11.3. The average Bonchev–Trinajstić information content (AvgIpc) is 2.31. The van der Waals surface area contributed by atoms with Crippen LogP contribution in [0.5, 0.6) is 0 Å². The van der Waals surface area contributed by atoms with Crippen LogP contribution < -0.4 is 5.73 Å². The molecule has 0 radical (unpaired) electrons. The summed E-state index contributed by atoms with van der Waals surface area (Å²) >= 11 is 0. The molecule has 0 aliphatic carbocycles. The summed E-state index contributed by atoms with van der Waals surface area (Å²) in [6.07, 6.45) is 4.12. The monoisotopic (exact) mass is 215 g/mol. The van der Waals surface area contributed by atoms with Crippen molar-refractivity contribution in [2.75, 3.05) is 20.3 Å². The van der Waals surface area contributed by atoms with Crippen molar-refractivity contribution in [3.63, 3.8) is 0 Å². The Bertz CT molecular complexity index is 174. The van der Waals surface area contributed by atoms with Gasteiger partial charge in [0.1, 0.15) is 0 Å². The van der Waals surface area contributed by atoms with Gasteiger partial charge in [-0.25, -0.2) is 0 Å². The summed E-state index contributed by atoms with van der Waals surface area (Å²) in [5.41, 5.74) is 6.23. The van der Waals surface area contributed by atoms with Gasteiger partial charge < -0.3 is 15.2 Å². The average molecular weight is 215 g/mol. The molecule has 1 aliphatic rings. The smallest absolute Gasteiger partial charge is 0.0875 e. The first-order valence-corrected chi connectivity index (χ1v) is 6.08. The highest BCUT2D eigenvalue weighted by molar-refractivity contribution is 4.95. The lowest BCUT2D eigenvalue weighted by Crippen LogP contribution is -2.56. The van der Waals surface area contributed by atoms with Gasteiger partial charge >= 0.3 is 0 Å². The Hall–Kier alpha value is -0.120. The lowest BCUT2D eigenvalue weighted by Gasteiger charge is -2.43. The van der Waals surface area contributed by atoms with Gasteiger partial charge in [0.25, 0.3) is 0 Å². The van der Waals surface area contributed by atoms with Crippen molar-refractivity contribution in [1.82, 2.24) is 0 Å². The zero-order valence-corrected chi connectivity index (χ0v) is 10.3. The van der Waals surface area contributed by atoms with E-state index in [9.17, 15) is 0 Å². The summed E-state index contributed by atoms with van der Waals surface area (Å²) in [5, 5.41) is 0. The number of ether oxygens (including phenoxy) is 2. The summed E-state index contributed by atoms with van der Waals surface area (Å²) in [6, 6.07) is 0.140. The molecule has 0 aromatic heterocycles. The van der Waals surface area contributed by atoms with Crippen LogP contribution in [0.3, 0.4) is 0 Å². The van der Waals surface area contributed by atoms with E-state index in [1.54, 1.807) is 7.11 Å². The molecule has 0 saturated carbocycles. The molecule has 0 aromatic rings. The largest absolute Gasteiger partial charge is 0.381 e. The molecule has 0 spiro atoms. The molecule has 3 heteroatoms. The van der Waals surface area contributed by atoms with E-state index in [1.165, 1.54) is 0 Å². The van der Waals surface area contributed by atoms with Gasteiger partial charge in [-0.15, -0.1) is 0 Å². The lowest BCUT2D eigenvalue weighted by atomic mass is 9.77. The molecule has 1 aliphatic heterocycles. The predicted molar refractivity (Wildman–Crippen MR) is 61.8 cm³/mol. The van der Waals surface area contributed by atoms with Gasteiger partial charge in [0.2, 0.25) is 0 Å². The maximum atomic E-state index is 6.38. The van der Waals surface area contributed by atoms with Gasteiger partial charge in [0.05, 0.1) is 5.60 Å². The number of hydrogen-bond donors (Lipinski definition) is 1.